The van der Waals surface area contributed by atoms with E-state index >= 15 is 0 Å². The van der Waals surface area contributed by atoms with Crippen LogP contribution < -0.4 is 9.64 Å². The standard InChI is InChI=1S/C26H27BrF6N2O5/c1-5-40-24(37)35-14(2)6-20(19-11-22(38-3)16(12-27)9-21(19)35)34(23(36)39-4)13-15-7-17(25(28,29)30)10-18(8-15)26(31,32)33/h7-11,14,20H,5-6,12-13H2,1-4H3/t14?,20-/m0/s1. The van der Waals surface area contributed by atoms with Crippen LogP contribution in [0, 0.1) is 0 Å². The van der Waals surface area contributed by atoms with Gasteiger partial charge in [-0.15, -0.1) is 0 Å². The van der Waals surface area contributed by atoms with Crippen LogP contribution in [-0.2, 0) is 33.7 Å². The topological polar surface area (TPSA) is 68.3 Å². The Balaban J connectivity index is 2.20. The lowest BCUT2D eigenvalue weighted by Crippen LogP contribution is -2.47. The van der Waals surface area contributed by atoms with Gasteiger partial charge in [0, 0.05) is 29.0 Å². The molecule has 2 aromatic rings. The third-order valence-corrected chi connectivity index (χ3v) is 7.05. The minimum absolute atomic E-state index is 0.0217. The predicted molar refractivity (Wildman–Crippen MR) is 136 cm³/mol. The fraction of sp³-hybridized carbons (Fsp3) is 0.462. The fourth-order valence-electron chi connectivity index (χ4n) is 4.68. The second-order valence-corrected chi connectivity index (χ2v) is 9.60. The molecule has 1 aliphatic heterocycles. The number of ether oxygens (including phenoxy) is 3. The van der Waals surface area contributed by atoms with Crippen molar-refractivity contribution in [1.82, 2.24) is 4.90 Å². The lowest BCUT2D eigenvalue weighted by atomic mass is 9.89. The molecule has 0 fully saturated rings. The third kappa shape index (κ3) is 6.58. The number of alkyl halides is 7. The summed E-state index contributed by atoms with van der Waals surface area (Å²) in [5, 5.41) is 0.338. The molecule has 1 heterocycles. The van der Waals surface area contributed by atoms with Gasteiger partial charge in [0.2, 0.25) is 0 Å². The summed E-state index contributed by atoms with van der Waals surface area (Å²) in [5.41, 5.74) is -2.03. The van der Waals surface area contributed by atoms with Crippen molar-refractivity contribution < 1.29 is 50.1 Å². The van der Waals surface area contributed by atoms with Crippen LogP contribution in [0.3, 0.4) is 0 Å². The smallest absolute Gasteiger partial charge is 0.416 e. The number of methoxy groups -OCH3 is 2. The van der Waals surface area contributed by atoms with Crippen LogP contribution in [0.5, 0.6) is 5.75 Å². The summed E-state index contributed by atoms with van der Waals surface area (Å²) in [4.78, 5) is 28.3. The molecular weight excluding hydrogens is 614 g/mol. The normalized spacial score (nSPS) is 17.2. The molecule has 0 aromatic heterocycles. The van der Waals surface area contributed by atoms with E-state index in [1.54, 1.807) is 26.0 Å². The zero-order valence-electron chi connectivity index (χ0n) is 22.0. The van der Waals surface area contributed by atoms with Crippen LogP contribution in [0.4, 0.5) is 41.6 Å². The molecule has 14 heteroatoms. The largest absolute Gasteiger partial charge is 0.496 e. The Morgan fingerprint density at radius 1 is 1.02 bits per heavy atom. The zero-order chi connectivity index (χ0) is 30.0. The average Bonchev–Trinajstić information content (AvgIpc) is 2.89. The highest BCUT2D eigenvalue weighted by Gasteiger charge is 2.41. The van der Waals surface area contributed by atoms with Crippen LogP contribution in [0.25, 0.3) is 0 Å². The molecule has 0 bridgehead atoms. The second kappa shape index (κ2) is 12.1. The van der Waals surface area contributed by atoms with E-state index in [1.165, 1.54) is 12.0 Å². The van der Waals surface area contributed by atoms with Gasteiger partial charge in [0.15, 0.2) is 0 Å². The lowest BCUT2D eigenvalue weighted by molar-refractivity contribution is -0.143. The first kappa shape index (κ1) is 31.4. The van der Waals surface area contributed by atoms with E-state index in [9.17, 15) is 35.9 Å². The molecule has 220 valence electrons. The van der Waals surface area contributed by atoms with Gasteiger partial charge < -0.3 is 14.2 Å². The van der Waals surface area contributed by atoms with Gasteiger partial charge >= 0.3 is 24.5 Å². The van der Waals surface area contributed by atoms with E-state index in [4.69, 9.17) is 14.2 Å². The van der Waals surface area contributed by atoms with Crippen molar-refractivity contribution in [3.05, 3.63) is 58.1 Å². The maximum absolute atomic E-state index is 13.5. The number of fused-ring (bicyclic) bond motifs is 1. The summed E-state index contributed by atoms with van der Waals surface area (Å²) in [5.74, 6) is 0.391. The van der Waals surface area contributed by atoms with Crippen LogP contribution in [0.15, 0.2) is 30.3 Å². The van der Waals surface area contributed by atoms with E-state index in [-0.39, 0.29) is 19.1 Å². The molecule has 7 nitrogen and oxygen atoms in total. The number of nitrogens with zero attached hydrogens (tertiary/aromatic N) is 2. The number of halogens is 7. The number of anilines is 1. The number of amides is 2. The first-order valence-corrected chi connectivity index (χ1v) is 13.1. The maximum atomic E-state index is 13.5. The highest BCUT2D eigenvalue weighted by atomic mass is 79.9. The molecule has 2 amide bonds. The summed E-state index contributed by atoms with van der Waals surface area (Å²) in [6.45, 7) is 2.77. The Kier molecular flexibility index (Phi) is 9.53. The van der Waals surface area contributed by atoms with Crippen molar-refractivity contribution in [3.8, 4) is 5.75 Å². The molecule has 0 N–H and O–H groups in total. The summed E-state index contributed by atoms with van der Waals surface area (Å²) in [6, 6.07) is 2.91. The fourth-order valence-corrected chi connectivity index (χ4v) is 5.12. The summed E-state index contributed by atoms with van der Waals surface area (Å²) in [6.07, 6.45) is -11.7. The third-order valence-electron chi connectivity index (χ3n) is 6.45. The van der Waals surface area contributed by atoms with E-state index in [2.05, 4.69) is 15.9 Å². The van der Waals surface area contributed by atoms with Crippen molar-refractivity contribution in [2.45, 2.75) is 56.6 Å². The molecule has 2 aromatic carbocycles. The van der Waals surface area contributed by atoms with Crippen molar-refractivity contribution >= 4 is 33.8 Å². The molecule has 2 atom stereocenters. The molecule has 0 aliphatic carbocycles. The van der Waals surface area contributed by atoms with E-state index in [0.717, 1.165) is 12.0 Å². The van der Waals surface area contributed by atoms with Crippen molar-refractivity contribution in [2.24, 2.45) is 0 Å². The van der Waals surface area contributed by atoms with Gasteiger partial charge in [-0.3, -0.25) is 9.80 Å². The number of hydrogen-bond donors (Lipinski definition) is 0. The first-order chi connectivity index (χ1) is 18.7. The van der Waals surface area contributed by atoms with Gasteiger partial charge in [-0.25, -0.2) is 9.59 Å². The first-order valence-electron chi connectivity index (χ1n) is 12.0. The number of hydrogen-bond acceptors (Lipinski definition) is 5. The van der Waals surface area contributed by atoms with Gasteiger partial charge in [0.1, 0.15) is 5.75 Å². The Morgan fingerprint density at radius 2 is 1.62 bits per heavy atom. The number of carbonyl (C=O) groups is 2. The molecule has 0 spiro atoms. The van der Waals surface area contributed by atoms with Crippen molar-refractivity contribution in [1.29, 1.82) is 0 Å². The zero-order valence-corrected chi connectivity index (χ0v) is 23.5. The van der Waals surface area contributed by atoms with Crippen molar-refractivity contribution in [3.63, 3.8) is 0 Å². The second-order valence-electron chi connectivity index (χ2n) is 9.04. The van der Waals surface area contributed by atoms with Crippen LogP contribution in [0.2, 0.25) is 0 Å². The van der Waals surface area contributed by atoms with Gasteiger partial charge in [0.05, 0.1) is 43.7 Å². The predicted octanol–water partition coefficient (Wildman–Crippen LogP) is 7.69. The van der Waals surface area contributed by atoms with Gasteiger partial charge in [-0.05, 0) is 56.2 Å². The maximum Gasteiger partial charge on any atom is 0.416 e. The molecule has 3 rings (SSSR count). The molecule has 1 unspecified atom stereocenters. The molecule has 0 saturated heterocycles. The van der Waals surface area contributed by atoms with Crippen LogP contribution >= 0.6 is 15.9 Å². The summed E-state index contributed by atoms with van der Waals surface area (Å²) >= 11 is 3.37. The van der Waals surface area contributed by atoms with Crippen molar-refractivity contribution in [2.75, 3.05) is 25.7 Å². The Labute approximate surface area is 235 Å². The Morgan fingerprint density at radius 3 is 2.10 bits per heavy atom. The lowest BCUT2D eigenvalue weighted by Gasteiger charge is -2.43. The van der Waals surface area contributed by atoms with Gasteiger partial charge in [-0.2, -0.15) is 26.3 Å². The molecule has 0 radical (unpaired) electrons. The number of benzene rings is 2. The molecule has 1 aliphatic rings. The Bertz CT molecular complexity index is 1220. The monoisotopic (exact) mass is 640 g/mol. The van der Waals surface area contributed by atoms with Crippen LogP contribution in [0.1, 0.15) is 54.1 Å². The number of carbonyl (C=O) groups excluding carboxylic acids is 2. The highest BCUT2D eigenvalue weighted by molar-refractivity contribution is 9.08. The van der Waals surface area contributed by atoms with E-state index < -0.39 is 59.9 Å². The minimum Gasteiger partial charge on any atom is -0.496 e. The summed E-state index contributed by atoms with van der Waals surface area (Å²) < 4.78 is 96.6. The molecule has 0 saturated carbocycles. The van der Waals surface area contributed by atoms with E-state index in [1.807, 2.05) is 0 Å². The SMILES string of the molecule is CCOC(=O)N1c2cc(CBr)c(OC)cc2[C@@H](N(Cc2cc(C(F)(F)F)cc(C(F)(F)F)c2)C(=O)OC)CC1C. The van der Waals surface area contributed by atoms with E-state index in [0.29, 0.717) is 40.0 Å². The molecular formula is C26H27BrF6N2O5. The highest BCUT2D eigenvalue weighted by Crippen LogP contribution is 2.45. The summed E-state index contributed by atoms with van der Waals surface area (Å²) in [7, 11) is 2.46. The minimum atomic E-state index is -5.06. The number of rotatable bonds is 6. The van der Waals surface area contributed by atoms with Gasteiger partial charge in [0.25, 0.3) is 0 Å². The van der Waals surface area contributed by atoms with Gasteiger partial charge in [-0.1, -0.05) is 15.9 Å². The average molecular weight is 641 g/mol. The Hall–Kier alpha value is -3.16. The quantitative estimate of drug-likeness (QED) is 0.239. The van der Waals surface area contributed by atoms with Crippen LogP contribution in [-0.4, -0.2) is 44.0 Å². The molecule has 40 heavy (non-hydrogen) atoms.